The van der Waals surface area contributed by atoms with Gasteiger partial charge in [0.25, 0.3) is 0 Å². The van der Waals surface area contributed by atoms with Crippen LogP contribution in [-0.2, 0) is 9.53 Å². The second-order valence-electron chi connectivity index (χ2n) is 6.06. The van der Waals surface area contributed by atoms with E-state index in [-0.39, 0.29) is 18.7 Å². The summed E-state index contributed by atoms with van der Waals surface area (Å²) in [6.07, 6.45) is 4.40. The maximum absolute atomic E-state index is 12.5. The second kappa shape index (κ2) is 8.31. The summed E-state index contributed by atoms with van der Waals surface area (Å²) in [5.41, 5.74) is 0.755. The predicted octanol–water partition coefficient (Wildman–Crippen LogP) is 2.82. The molecule has 1 N–H and O–H groups in total. The molecule has 1 aromatic rings. The van der Waals surface area contributed by atoms with Gasteiger partial charge in [-0.2, -0.15) is 0 Å². The second-order valence-corrected chi connectivity index (χ2v) is 6.47. The lowest BCUT2D eigenvalue weighted by atomic mass is 10.1. The highest BCUT2D eigenvalue weighted by Gasteiger charge is 2.24. The van der Waals surface area contributed by atoms with E-state index in [4.69, 9.17) is 25.8 Å². The molecule has 0 aromatic heterocycles. The van der Waals surface area contributed by atoms with Crippen molar-refractivity contribution in [1.29, 1.82) is 0 Å². The highest BCUT2D eigenvalue weighted by Crippen LogP contribution is 2.40. The SMILES string of the molecule is CCOC(=O)N[C@H]1CCCN(C(=O)/C=C/c2cc(Cl)c3c(c2)OCO3)C1. The first-order valence-electron chi connectivity index (χ1n) is 8.56. The number of nitrogens with one attached hydrogen (secondary N) is 1. The van der Waals surface area contributed by atoms with Gasteiger partial charge in [0.15, 0.2) is 11.5 Å². The molecule has 0 spiro atoms. The van der Waals surface area contributed by atoms with E-state index in [1.807, 2.05) is 0 Å². The minimum Gasteiger partial charge on any atom is -0.454 e. The van der Waals surface area contributed by atoms with Crippen molar-refractivity contribution in [2.75, 3.05) is 26.5 Å². The number of nitrogens with zero attached hydrogens (tertiary/aromatic N) is 1. The molecule has 26 heavy (non-hydrogen) atoms. The zero-order valence-electron chi connectivity index (χ0n) is 14.5. The molecular formula is C18H21ClN2O5. The maximum atomic E-state index is 12.5. The van der Waals surface area contributed by atoms with E-state index in [2.05, 4.69) is 5.32 Å². The van der Waals surface area contributed by atoms with Crippen LogP contribution in [-0.4, -0.2) is 49.4 Å². The number of rotatable bonds is 4. The van der Waals surface area contributed by atoms with E-state index in [0.29, 0.717) is 36.2 Å². The molecule has 2 heterocycles. The van der Waals surface area contributed by atoms with Gasteiger partial charge >= 0.3 is 6.09 Å². The average Bonchev–Trinajstić information content (AvgIpc) is 3.09. The minimum absolute atomic E-state index is 0.0971. The zero-order chi connectivity index (χ0) is 18.5. The Hall–Kier alpha value is -2.41. The van der Waals surface area contributed by atoms with Crippen molar-refractivity contribution in [1.82, 2.24) is 10.2 Å². The fourth-order valence-electron chi connectivity index (χ4n) is 2.99. The Labute approximate surface area is 156 Å². The lowest BCUT2D eigenvalue weighted by Gasteiger charge is -2.32. The Kier molecular flexibility index (Phi) is 5.88. The van der Waals surface area contributed by atoms with Gasteiger partial charge in [-0.15, -0.1) is 0 Å². The zero-order valence-corrected chi connectivity index (χ0v) is 15.3. The largest absolute Gasteiger partial charge is 0.454 e. The molecule has 140 valence electrons. The van der Waals surface area contributed by atoms with Gasteiger partial charge in [-0.3, -0.25) is 4.79 Å². The van der Waals surface area contributed by atoms with Gasteiger partial charge in [0.05, 0.1) is 11.6 Å². The molecule has 1 fully saturated rings. The number of amides is 2. The quantitative estimate of drug-likeness (QED) is 0.813. The first kappa shape index (κ1) is 18.4. The highest BCUT2D eigenvalue weighted by atomic mass is 35.5. The van der Waals surface area contributed by atoms with Crippen molar-refractivity contribution < 1.29 is 23.8 Å². The molecule has 1 aromatic carbocycles. The summed E-state index contributed by atoms with van der Waals surface area (Å²) in [7, 11) is 0. The number of piperidine rings is 1. The van der Waals surface area contributed by atoms with Crippen LogP contribution < -0.4 is 14.8 Å². The number of ether oxygens (including phenoxy) is 3. The topological polar surface area (TPSA) is 77.1 Å². The van der Waals surface area contributed by atoms with Crippen LogP contribution in [0, 0.1) is 0 Å². The van der Waals surface area contributed by atoms with Crippen LogP contribution in [0.15, 0.2) is 18.2 Å². The summed E-state index contributed by atoms with van der Waals surface area (Å²) < 4.78 is 15.5. The van der Waals surface area contributed by atoms with Crippen molar-refractivity contribution in [3.8, 4) is 11.5 Å². The number of carbonyl (C=O) groups excluding carboxylic acids is 2. The van der Waals surface area contributed by atoms with E-state index >= 15 is 0 Å². The van der Waals surface area contributed by atoms with Crippen LogP contribution in [0.3, 0.4) is 0 Å². The molecule has 3 rings (SSSR count). The lowest BCUT2D eigenvalue weighted by molar-refractivity contribution is -0.127. The Morgan fingerprint density at radius 2 is 2.27 bits per heavy atom. The van der Waals surface area contributed by atoms with Crippen LogP contribution in [0.4, 0.5) is 4.79 Å². The fraction of sp³-hybridized carbons (Fsp3) is 0.444. The molecular weight excluding hydrogens is 360 g/mol. The first-order valence-corrected chi connectivity index (χ1v) is 8.94. The molecule has 1 saturated heterocycles. The fourth-order valence-corrected chi connectivity index (χ4v) is 3.26. The van der Waals surface area contributed by atoms with Gasteiger partial charge in [0, 0.05) is 25.2 Å². The molecule has 0 saturated carbocycles. The van der Waals surface area contributed by atoms with E-state index in [1.54, 1.807) is 30.0 Å². The Morgan fingerprint density at radius 3 is 3.08 bits per heavy atom. The molecule has 0 aliphatic carbocycles. The van der Waals surface area contributed by atoms with Gasteiger partial charge in [-0.25, -0.2) is 4.79 Å². The Bertz CT molecular complexity index is 722. The van der Waals surface area contributed by atoms with Crippen LogP contribution in [0.2, 0.25) is 5.02 Å². The third-order valence-corrected chi connectivity index (χ3v) is 4.48. The van der Waals surface area contributed by atoms with E-state index in [0.717, 1.165) is 18.4 Å². The third-order valence-electron chi connectivity index (χ3n) is 4.20. The number of hydrogen-bond donors (Lipinski definition) is 1. The Morgan fingerprint density at radius 1 is 1.42 bits per heavy atom. The molecule has 8 heteroatoms. The standard InChI is InChI=1S/C18H21ClN2O5/c1-2-24-18(23)20-13-4-3-7-21(10-13)16(22)6-5-12-8-14(19)17-15(9-12)25-11-26-17/h5-6,8-9,13H,2-4,7,10-11H2,1H3,(H,20,23)/b6-5+/t13-/m0/s1. The summed E-state index contributed by atoms with van der Waals surface area (Å²) in [4.78, 5) is 25.7. The number of benzene rings is 1. The Balaban J connectivity index is 1.60. The summed E-state index contributed by atoms with van der Waals surface area (Å²) >= 11 is 6.15. The van der Waals surface area contributed by atoms with E-state index in [9.17, 15) is 9.59 Å². The summed E-state index contributed by atoms with van der Waals surface area (Å²) in [6.45, 7) is 3.34. The molecule has 2 aliphatic rings. The minimum atomic E-state index is -0.447. The van der Waals surface area contributed by atoms with Crippen molar-refractivity contribution in [3.05, 3.63) is 28.8 Å². The number of halogens is 1. The van der Waals surface area contributed by atoms with Crippen molar-refractivity contribution in [2.45, 2.75) is 25.8 Å². The number of hydrogen-bond acceptors (Lipinski definition) is 5. The molecule has 1 atom stereocenters. The molecule has 0 unspecified atom stereocenters. The van der Waals surface area contributed by atoms with Gasteiger partial charge in [-0.1, -0.05) is 11.6 Å². The molecule has 0 radical (unpaired) electrons. The van der Waals surface area contributed by atoms with Crippen LogP contribution in [0.1, 0.15) is 25.3 Å². The summed E-state index contributed by atoms with van der Waals surface area (Å²) in [6, 6.07) is 3.40. The van der Waals surface area contributed by atoms with E-state index in [1.165, 1.54) is 6.08 Å². The molecule has 2 aliphatic heterocycles. The average molecular weight is 381 g/mol. The smallest absolute Gasteiger partial charge is 0.407 e. The van der Waals surface area contributed by atoms with Gasteiger partial charge in [0.1, 0.15) is 0 Å². The van der Waals surface area contributed by atoms with Crippen molar-refractivity contribution >= 4 is 29.7 Å². The lowest BCUT2D eigenvalue weighted by Crippen LogP contribution is -2.49. The first-order chi connectivity index (χ1) is 12.6. The maximum Gasteiger partial charge on any atom is 0.407 e. The predicted molar refractivity (Wildman–Crippen MR) is 96.4 cm³/mol. The number of fused-ring (bicyclic) bond motifs is 1. The van der Waals surface area contributed by atoms with Gasteiger partial charge < -0.3 is 24.4 Å². The van der Waals surface area contributed by atoms with Crippen molar-refractivity contribution in [2.24, 2.45) is 0 Å². The van der Waals surface area contributed by atoms with E-state index < -0.39 is 6.09 Å². The monoisotopic (exact) mass is 380 g/mol. The van der Waals surface area contributed by atoms with Gasteiger partial charge in [0.2, 0.25) is 12.7 Å². The van der Waals surface area contributed by atoms with Crippen LogP contribution in [0.5, 0.6) is 11.5 Å². The number of carbonyl (C=O) groups is 2. The molecule has 7 nitrogen and oxygen atoms in total. The molecule has 0 bridgehead atoms. The normalized spacial score (nSPS) is 18.8. The van der Waals surface area contributed by atoms with Gasteiger partial charge in [-0.05, 0) is 43.5 Å². The highest BCUT2D eigenvalue weighted by molar-refractivity contribution is 6.32. The van der Waals surface area contributed by atoms with Crippen molar-refractivity contribution in [3.63, 3.8) is 0 Å². The summed E-state index contributed by atoms with van der Waals surface area (Å²) in [5, 5.41) is 3.24. The summed E-state index contributed by atoms with van der Waals surface area (Å²) in [5.74, 6) is 0.981. The third kappa shape index (κ3) is 4.40. The van der Waals surface area contributed by atoms with Crippen LogP contribution >= 0.6 is 11.6 Å². The number of likely N-dealkylation sites (tertiary alicyclic amines) is 1. The number of alkyl carbamates (subject to hydrolysis) is 1. The van der Waals surface area contributed by atoms with Crippen LogP contribution in [0.25, 0.3) is 6.08 Å². The molecule has 2 amide bonds.